The number of nitrogen functional groups attached to an aromatic ring is 1. The molecule has 0 aliphatic carbocycles. The Kier molecular flexibility index (Phi) is 5.71. The van der Waals surface area contributed by atoms with Crippen molar-refractivity contribution in [1.29, 1.82) is 0 Å². The Hall–Kier alpha value is -2.33. The molecule has 4 heteroatoms. The van der Waals surface area contributed by atoms with Gasteiger partial charge in [0.15, 0.2) is 0 Å². The van der Waals surface area contributed by atoms with E-state index < -0.39 is 0 Å². The molecule has 0 radical (unpaired) electrons. The summed E-state index contributed by atoms with van der Waals surface area (Å²) < 4.78 is 0. The van der Waals surface area contributed by atoms with E-state index in [-0.39, 0.29) is 5.91 Å². The summed E-state index contributed by atoms with van der Waals surface area (Å²) in [4.78, 5) is 14.7. The number of hydrogen-bond acceptors (Lipinski definition) is 3. The van der Waals surface area contributed by atoms with Gasteiger partial charge in [0.1, 0.15) is 0 Å². The fraction of sp³-hybridized carbons (Fsp3) is 0.381. The number of nitrogens with two attached hydrogens (primary N) is 1. The van der Waals surface area contributed by atoms with Gasteiger partial charge in [0.2, 0.25) is 0 Å². The Morgan fingerprint density at radius 2 is 1.96 bits per heavy atom. The van der Waals surface area contributed by atoms with Crippen LogP contribution in [0.4, 0.5) is 5.69 Å². The van der Waals surface area contributed by atoms with Crippen LogP contribution < -0.4 is 11.1 Å². The number of nitrogens with one attached hydrogen (secondary N) is 1. The van der Waals surface area contributed by atoms with Gasteiger partial charge < -0.3 is 11.1 Å². The standard InChI is InChI=1S/C21H27N3O/c1-16-4-3-11-24(14-16)15-18-9-7-17(8-10-18)13-23-21(25)19-5-2-6-20(22)12-19/h2,5-10,12,16H,3-4,11,13-15,22H2,1H3,(H,23,25). The minimum atomic E-state index is -0.0984. The fourth-order valence-electron chi connectivity index (χ4n) is 3.42. The maximum atomic E-state index is 12.2. The Labute approximate surface area is 150 Å². The SMILES string of the molecule is CC1CCCN(Cc2ccc(CNC(=O)c3cccc(N)c3)cc2)C1. The van der Waals surface area contributed by atoms with Gasteiger partial charge in [-0.2, -0.15) is 0 Å². The summed E-state index contributed by atoms with van der Waals surface area (Å²) in [6.45, 7) is 6.26. The number of carbonyl (C=O) groups excluding carboxylic acids is 1. The molecule has 3 N–H and O–H groups in total. The zero-order valence-electron chi connectivity index (χ0n) is 14.9. The number of carbonyl (C=O) groups is 1. The van der Waals surface area contributed by atoms with Gasteiger partial charge >= 0.3 is 0 Å². The third kappa shape index (κ3) is 5.07. The average Bonchev–Trinajstić information content (AvgIpc) is 2.61. The smallest absolute Gasteiger partial charge is 0.251 e. The molecule has 1 aliphatic heterocycles. The van der Waals surface area contributed by atoms with Gasteiger partial charge in [-0.3, -0.25) is 9.69 Å². The molecular formula is C21H27N3O. The quantitative estimate of drug-likeness (QED) is 0.822. The van der Waals surface area contributed by atoms with E-state index >= 15 is 0 Å². The highest BCUT2D eigenvalue weighted by atomic mass is 16.1. The molecule has 0 saturated carbocycles. The molecule has 2 aromatic carbocycles. The maximum Gasteiger partial charge on any atom is 0.251 e. The van der Waals surface area contributed by atoms with E-state index in [1.165, 1.54) is 31.5 Å². The molecule has 0 bridgehead atoms. The lowest BCUT2D eigenvalue weighted by atomic mass is 9.99. The third-order valence-corrected chi connectivity index (χ3v) is 4.77. The van der Waals surface area contributed by atoms with Gasteiger partial charge in [-0.25, -0.2) is 0 Å². The summed E-state index contributed by atoms with van der Waals surface area (Å²) in [7, 11) is 0. The van der Waals surface area contributed by atoms with Crippen LogP contribution >= 0.6 is 0 Å². The molecule has 2 aromatic rings. The second-order valence-electron chi connectivity index (χ2n) is 7.11. The zero-order valence-corrected chi connectivity index (χ0v) is 14.9. The lowest BCUT2D eigenvalue weighted by molar-refractivity contribution is 0.0951. The van der Waals surface area contributed by atoms with Crippen LogP contribution in [0, 0.1) is 5.92 Å². The Bertz CT molecular complexity index is 711. The largest absolute Gasteiger partial charge is 0.399 e. The van der Waals surface area contributed by atoms with Gasteiger partial charge in [-0.15, -0.1) is 0 Å². The van der Waals surface area contributed by atoms with Crippen LogP contribution in [0.1, 0.15) is 41.3 Å². The van der Waals surface area contributed by atoms with Crippen LogP contribution in [0.25, 0.3) is 0 Å². The molecule has 4 nitrogen and oxygen atoms in total. The molecule has 1 fully saturated rings. The second kappa shape index (κ2) is 8.17. The Morgan fingerprint density at radius 3 is 2.68 bits per heavy atom. The van der Waals surface area contributed by atoms with Crippen molar-refractivity contribution in [2.75, 3.05) is 18.8 Å². The van der Waals surface area contributed by atoms with E-state index in [9.17, 15) is 4.79 Å². The van der Waals surface area contributed by atoms with E-state index in [2.05, 4.69) is 41.4 Å². The van der Waals surface area contributed by atoms with Gasteiger partial charge in [-0.05, 0) is 54.6 Å². The highest BCUT2D eigenvalue weighted by Gasteiger charge is 2.16. The number of likely N-dealkylation sites (tertiary alicyclic amines) is 1. The third-order valence-electron chi connectivity index (χ3n) is 4.77. The van der Waals surface area contributed by atoms with Gasteiger partial charge in [0, 0.05) is 30.9 Å². The van der Waals surface area contributed by atoms with Gasteiger partial charge in [0.25, 0.3) is 5.91 Å². The van der Waals surface area contributed by atoms with Gasteiger partial charge in [-0.1, -0.05) is 37.3 Å². The minimum absolute atomic E-state index is 0.0984. The fourth-order valence-corrected chi connectivity index (χ4v) is 3.42. The van der Waals surface area contributed by atoms with E-state index in [1.807, 2.05) is 0 Å². The van der Waals surface area contributed by atoms with Crippen molar-refractivity contribution >= 4 is 11.6 Å². The van der Waals surface area contributed by atoms with Crippen molar-refractivity contribution in [2.24, 2.45) is 5.92 Å². The van der Waals surface area contributed by atoms with Crippen LogP contribution in [-0.4, -0.2) is 23.9 Å². The minimum Gasteiger partial charge on any atom is -0.399 e. The number of rotatable bonds is 5. The summed E-state index contributed by atoms with van der Waals surface area (Å²) in [5.74, 6) is 0.703. The summed E-state index contributed by atoms with van der Waals surface area (Å²) in [5, 5.41) is 2.94. The molecule has 1 saturated heterocycles. The Morgan fingerprint density at radius 1 is 1.20 bits per heavy atom. The molecule has 1 unspecified atom stereocenters. The van der Waals surface area contributed by atoms with Crippen LogP contribution in [0.15, 0.2) is 48.5 Å². The monoisotopic (exact) mass is 337 g/mol. The zero-order chi connectivity index (χ0) is 17.6. The molecule has 0 spiro atoms. The summed E-state index contributed by atoms with van der Waals surface area (Å²) >= 11 is 0. The van der Waals surface area contributed by atoms with Crippen LogP contribution in [0.3, 0.4) is 0 Å². The number of anilines is 1. The van der Waals surface area contributed by atoms with Gasteiger partial charge in [0.05, 0.1) is 0 Å². The van der Waals surface area contributed by atoms with Crippen LogP contribution in [0.2, 0.25) is 0 Å². The molecule has 132 valence electrons. The van der Waals surface area contributed by atoms with E-state index in [4.69, 9.17) is 5.73 Å². The molecule has 3 rings (SSSR count). The predicted octanol–water partition coefficient (Wildman–Crippen LogP) is 3.43. The molecule has 25 heavy (non-hydrogen) atoms. The average molecular weight is 337 g/mol. The van der Waals surface area contributed by atoms with Crippen molar-refractivity contribution in [3.8, 4) is 0 Å². The second-order valence-corrected chi connectivity index (χ2v) is 7.11. The lowest BCUT2D eigenvalue weighted by Gasteiger charge is -2.30. The van der Waals surface area contributed by atoms with Crippen molar-refractivity contribution in [2.45, 2.75) is 32.9 Å². The van der Waals surface area contributed by atoms with E-state index in [0.29, 0.717) is 17.8 Å². The molecule has 1 amide bonds. The molecule has 1 heterocycles. The normalized spacial score (nSPS) is 18.0. The first-order valence-corrected chi connectivity index (χ1v) is 9.04. The summed E-state index contributed by atoms with van der Waals surface area (Å²) in [6, 6.07) is 15.6. The first-order valence-electron chi connectivity index (χ1n) is 9.04. The molecule has 1 atom stereocenters. The molecule has 0 aromatic heterocycles. The lowest BCUT2D eigenvalue weighted by Crippen LogP contribution is -2.33. The van der Waals surface area contributed by atoms with Crippen LogP contribution in [-0.2, 0) is 13.1 Å². The van der Waals surface area contributed by atoms with Crippen LogP contribution in [0.5, 0.6) is 0 Å². The topological polar surface area (TPSA) is 58.4 Å². The number of nitrogens with zero attached hydrogens (tertiary/aromatic N) is 1. The van der Waals surface area contributed by atoms with Crippen molar-refractivity contribution < 1.29 is 4.79 Å². The molecule has 1 aliphatic rings. The first-order chi connectivity index (χ1) is 12.1. The number of piperidine rings is 1. The van der Waals surface area contributed by atoms with Crippen molar-refractivity contribution in [3.63, 3.8) is 0 Å². The first kappa shape index (κ1) is 17.5. The summed E-state index contributed by atoms with van der Waals surface area (Å²) in [5.41, 5.74) is 9.35. The summed E-state index contributed by atoms with van der Waals surface area (Å²) in [6.07, 6.45) is 2.65. The molecular weight excluding hydrogens is 310 g/mol. The number of benzene rings is 2. The number of hydrogen-bond donors (Lipinski definition) is 2. The highest BCUT2D eigenvalue weighted by molar-refractivity contribution is 5.94. The maximum absolute atomic E-state index is 12.2. The van der Waals surface area contributed by atoms with E-state index in [1.54, 1.807) is 24.3 Å². The highest BCUT2D eigenvalue weighted by Crippen LogP contribution is 2.18. The van der Waals surface area contributed by atoms with E-state index in [0.717, 1.165) is 18.0 Å². The predicted molar refractivity (Wildman–Crippen MR) is 102 cm³/mol. The van der Waals surface area contributed by atoms with Crippen molar-refractivity contribution in [1.82, 2.24) is 10.2 Å². The van der Waals surface area contributed by atoms with Crippen molar-refractivity contribution in [3.05, 3.63) is 65.2 Å². The Balaban J connectivity index is 1.51. The number of amides is 1.